The Kier molecular flexibility index (Phi) is 7.95. The molecule has 0 aromatic heterocycles. The van der Waals surface area contributed by atoms with Gasteiger partial charge in [-0.1, -0.05) is 23.7 Å². The highest BCUT2D eigenvalue weighted by Crippen LogP contribution is 2.41. The largest absolute Gasteiger partial charge is 0.507 e. The van der Waals surface area contributed by atoms with Gasteiger partial charge in [0.25, 0.3) is 11.7 Å². The van der Waals surface area contributed by atoms with E-state index >= 15 is 0 Å². The number of carbonyl (C=O) groups excluding carboxylic acids is 2. The SMILES string of the molecule is COc1cccc([C@@H]2/C(=C(\O)c3ccc(OC)c(Cl)c3)C(=O)C(=O)N2CCCN2CCOCC2)c1. The molecule has 0 unspecified atom stereocenters. The Bertz CT molecular complexity index is 1130. The molecule has 2 saturated heterocycles. The number of nitrogens with zero attached hydrogens (tertiary/aromatic N) is 2. The maximum absolute atomic E-state index is 13.2. The fourth-order valence-corrected chi connectivity index (χ4v) is 4.79. The van der Waals surface area contributed by atoms with Crippen LogP contribution in [0.1, 0.15) is 23.6 Å². The monoisotopic (exact) mass is 500 g/mol. The molecule has 2 fully saturated rings. The summed E-state index contributed by atoms with van der Waals surface area (Å²) in [7, 11) is 3.05. The van der Waals surface area contributed by atoms with Crippen LogP contribution in [-0.4, -0.2) is 80.2 Å². The molecule has 2 aromatic rings. The number of benzene rings is 2. The molecule has 2 heterocycles. The van der Waals surface area contributed by atoms with E-state index in [-0.39, 0.29) is 16.4 Å². The van der Waals surface area contributed by atoms with E-state index in [0.29, 0.717) is 48.8 Å². The van der Waals surface area contributed by atoms with Gasteiger partial charge in [0.1, 0.15) is 17.3 Å². The van der Waals surface area contributed by atoms with Crippen LogP contribution in [0.5, 0.6) is 11.5 Å². The Hall–Kier alpha value is -3.07. The summed E-state index contributed by atoms with van der Waals surface area (Å²) in [5.74, 6) is -0.615. The first-order valence-electron chi connectivity index (χ1n) is 11.5. The van der Waals surface area contributed by atoms with Gasteiger partial charge in [0, 0.05) is 31.7 Å². The molecule has 35 heavy (non-hydrogen) atoms. The molecule has 0 spiro atoms. The van der Waals surface area contributed by atoms with Crippen LogP contribution >= 0.6 is 11.6 Å². The molecule has 0 radical (unpaired) electrons. The molecule has 0 aliphatic carbocycles. The summed E-state index contributed by atoms with van der Waals surface area (Å²) in [6, 6.07) is 11.2. The van der Waals surface area contributed by atoms with Crippen LogP contribution in [0.2, 0.25) is 5.02 Å². The van der Waals surface area contributed by atoms with Crippen LogP contribution in [0.25, 0.3) is 5.76 Å². The van der Waals surface area contributed by atoms with Crippen molar-refractivity contribution in [1.29, 1.82) is 0 Å². The fourth-order valence-electron chi connectivity index (χ4n) is 4.53. The molecule has 8 nitrogen and oxygen atoms in total. The number of ether oxygens (including phenoxy) is 3. The lowest BCUT2D eigenvalue weighted by Gasteiger charge is -2.29. The van der Waals surface area contributed by atoms with Gasteiger partial charge in [0.2, 0.25) is 0 Å². The highest BCUT2D eigenvalue weighted by Gasteiger charge is 2.46. The number of morpholine rings is 1. The van der Waals surface area contributed by atoms with Crippen LogP contribution < -0.4 is 9.47 Å². The summed E-state index contributed by atoms with van der Waals surface area (Å²) < 4.78 is 16.0. The molecule has 9 heteroatoms. The predicted octanol–water partition coefficient (Wildman–Crippen LogP) is 3.50. The van der Waals surface area contributed by atoms with Crippen LogP contribution in [0, 0.1) is 0 Å². The Morgan fingerprint density at radius 1 is 1.09 bits per heavy atom. The zero-order valence-electron chi connectivity index (χ0n) is 19.8. The van der Waals surface area contributed by atoms with Gasteiger partial charge in [0.15, 0.2) is 0 Å². The smallest absolute Gasteiger partial charge is 0.295 e. The van der Waals surface area contributed by atoms with Gasteiger partial charge in [-0.05, 0) is 42.3 Å². The second-order valence-corrected chi connectivity index (χ2v) is 8.83. The van der Waals surface area contributed by atoms with Gasteiger partial charge < -0.3 is 24.2 Å². The van der Waals surface area contributed by atoms with E-state index in [0.717, 1.165) is 19.6 Å². The highest BCUT2D eigenvalue weighted by atomic mass is 35.5. The molecule has 1 amide bonds. The fraction of sp³-hybridized carbons (Fsp3) is 0.385. The zero-order chi connectivity index (χ0) is 24.9. The van der Waals surface area contributed by atoms with Crippen molar-refractivity contribution >= 4 is 29.1 Å². The maximum atomic E-state index is 13.2. The first-order valence-corrected chi connectivity index (χ1v) is 11.9. The number of hydrogen-bond acceptors (Lipinski definition) is 7. The van der Waals surface area contributed by atoms with Crippen molar-refractivity contribution < 1.29 is 28.9 Å². The Morgan fingerprint density at radius 3 is 2.54 bits per heavy atom. The van der Waals surface area contributed by atoms with Crippen molar-refractivity contribution in [2.75, 3.05) is 53.6 Å². The lowest BCUT2D eigenvalue weighted by atomic mass is 9.95. The molecule has 1 atom stereocenters. The summed E-state index contributed by atoms with van der Waals surface area (Å²) >= 11 is 6.26. The normalized spacial score (nSPS) is 20.3. The minimum atomic E-state index is -0.754. The topological polar surface area (TPSA) is 88.5 Å². The summed E-state index contributed by atoms with van der Waals surface area (Å²) in [5.41, 5.74) is 1.03. The second-order valence-electron chi connectivity index (χ2n) is 8.43. The summed E-state index contributed by atoms with van der Waals surface area (Å²) in [6.07, 6.45) is 0.682. The van der Waals surface area contributed by atoms with Crippen LogP contribution in [0.4, 0.5) is 0 Å². The molecule has 2 aromatic carbocycles. The van der Waals surface area contributed by atoms with Crippen molar-refractivity contribution in [3.8, 4) is 11.5 Å². The Morgan fingerprint density at radius 2 is 1.86 bits per heavy atom. The number of ketones is 1. The first-order chi connectivity index (χ1) is 16.9. The second kappa shape index (κ2) is 11.1. The molecule has 2 aliphatic heterocycles. The third-order valence-electron chi connectivity index (χ3n) is 6.35. The minimum absolute atomic E-state index is 0.0239. The summed E-state index contributed by atoms with van der Waals surface area (Å²) in [4.78, 5) is 30.2. The van der Waals surface area contributed by atoms with E-state index in [1.165, 1.54) is 18.1 Å². The van der Waals surface area contributed by atoms with Crippen molar-refractivity contribution in [1.82, 2.24) is 9.80 Å². The molecular weight excluding hydrogens is 472 g/mol. The number of rotatable bonds is 8. The van der Waals surface area contributed by atoms with Gasteiger partial charge in [-0.15, -0.1) is 0 Å². The minimum Gasteiger partial charge on any atom is -0.507 e. The quantitative estimate of drug-likeness (QED) is 0.337. The van der Waals surface area contributed by atoms with Crippen molar-refractivity contribution in [3.05, 3.63) is 64.2 Å². The molecule has 2 aliphatic rings. The molecule has 4 rings (SSSR count). The lowest BCUT2D eigenvalue weighted by Crippen LogP contribution is -2.38. The van der Waals surface area contributed by atoms with Crippen LogP contribution in [0.3, 0.4) is 0 Å². The lowest BCUT2D eigenvalue weighted by molar-refractivity contribution is -0.140. The van der Waals surface area contributed by atoms with Gasteiger partial charge >= 0.3 is 0 Å². The zero-order valence-corrected chi connectivity index (χ0v) is 20.6. The van der Waals surface area contributed by atoms with Gasteiger partial charge in [-0.3, -0.25) is 14.5 Å². The highest BCUT2D eigenvalue weighted by molar-refractivity contribution is 6.46. The Labute approximate surface area is 209 Å². The summed E-state index contributed by atoms with van der Waals surface area (Å²) in [5, 5.41) is 11.5. The number of amides is 1. The number of methoxy groups -OCH3 is 2. The van der Waals surface area contributed by atoms with Crippen molar-refractivity contribution in [3.63, 3.8) is 0 Å². The predicted molar refractivity (Wildman–Crippen MR) is 132 cm³/mol. The molecule has 0 saturated carbocycles. The number of aliphatic hydroxyl groups excluding tert-OH is 1. The third kappa shape index (κ3) is 5.29. The van der Waals surface area contributed by atoms with E-state index in [1.807, 2.05) is 6.07 Å². The van der Waals surface area contributed by atoms with Crippen molar-refractivity contribution in [2.24, 2.45) is 0 Å². The van der Waals surface area contributed by atoms with E-state index in [4.69, 9.17) is 25.8 Å². The van der Waals surface area contributed by atoms with E-state index in [9.17, 15) is 14.7 Å². The van der Waals surface area contributed by atoms with E-state index in [2.05, 4.69) is 4.90 Å². The van der Waals surface area contributed by atoms with Gasteiger partial charge in [-0.2, -0.15) is 0 Å². The average molecular weight is 501 g/mol. The molecular formula is C26H29ClN2O6. The number of Topliss-reactive ketones (excluding diaryl/α,β-unsaturated/α-hetero) is 1. The Balaban J connectivity index is 1.70. The molecule has 186 valence electrons. The van der Waals surface area contributed by atoms with Crippen LogP contribution in [0.15, 0.2) is 48.0 Å². The van der Waals surface area contributed by atoms with E-state index in [1.54, 1.807) is 37.4 Å². The molecule has 0 bridgehead atoms. The van der Waals surface area contributed by atoms with Crippen molar-refractivity contribution in [2.45, 2.75) is 12.5 Å². The number of halogens is 1. The van der Waals surface area contributed by atoms with E-state index < -0.39 is 17.7 Å². The number of aliphatic hydroxyl groups is 1. The third-order valence-corrected chi connectivity index (χ3v) is 6.65. The van der Waals surface area contributed by atoms with Gasteiger partial charge in [-0.25, -0.2) is 0 Å². The average Bonchev–Trinajstić information content (AvgIpc) is 3.14. The number of likely N-dealkylation sites (tertiary alicyclic amines) is 1. The summed E-state index contributed by atoms with van der Waals surface area (Å²) in [6.45, 7) is 4.22. The number of carbonyl (C=O) groups is 2. The van der Waals surface area contributed by atoms with Gasteiger partial charge in [0.05, 0.1) is 44.1 Å². The molecule has 1 N–H and O–H groups in total. The first kappa shape index (κ1) is 25.0. The number of hydrogen-bond donors (Lipinski definition) is 1. The standard InChI is InChI=1S/C26H29ClN2O6/c1-33-19-6-3-5-17(15-19)23-22(24(30)18-7-8-21(34-2)20(27)16-18)25(31)26(32)29(23)10-4-9-28-11-13-35-14-12-28/h3,5-8,15-16,23,30H,4,9-14H2,1-2H3/b24-22+/t23-/m1/s1. The van der Waals surface area contributed by atoms with Crippen LogP contribution in [-0.2, 0) is 14.3 Å². The maximum Gasteiger partial charge on any atom is 0.295 e.